The van der Waals surface area contributed by atoms with Gasteiger partial charge in [0, 0.05) is 25.0 Å². The molecule has 1 saturated heterocycles. The number of hydrogen-bond donors (Lipinski definition) is 3. The van der Waals surface area contributed by atoms with Crippen molar-refractivity contribution in [3.63, 3.8) is 0 Å². The second-order valence-corrected chi connectivity index (χ2v) is 3.81. The van der Waals surface area contributed by atoms with Crippen LogP contribution in [0.25, 0.3) is 0 Å². The molecule has 3 heteroatoms. The Kier molecular flexibility index (Phi) is 1.87. The first-order chi connectivity index (χ1) is 5.29. The van der Waals surface area contributed by atoms with Gasteiger partial charge in [0.25, 0.3) is 0 Å². The summed E-state index contributed by atoms with van der Waals surface area (Å²) in [6, 6.07) is 0.217. The van der Waals surface area contributed by atoms with Gasteiger partial charge in [0.2, 0.25) is 0 Å². The maximum atomic E-state index is 9.74. The van der Waals surface area contributed by atoms with Crippen LogP contribution in [0.15, 0.2) is 0 Å². The Morgan fingerprint density at radius 2 is 2.09 bits per heavy atom. The second kappa shape index (κ2) is 2.73. The van der Waals surface area contributed by atoms with E-state index in [-0.39, 0.29) is 12.1 Å². The molecule has 1 heterocycles. The number of nitrogens with one attached hydrogen (secondary N) is 1. The van der Waals surface area contributed by atoms with E-state index < -0.39 is 0 Å². The third-order valence-corrected chi connectivity index (χ3v) is 3.13. The van der Waals surface area contributed by atoms with E-state index in [1.54, 1.807) is 0 Å². The lowest BCUT2D eigenvalue weighted by atomic mass is 9.73. The van der Waals surface area contributed by atoms with Crippen molar-refractivity contribution in [1.29, 1.82) is 0 Å². The van der Waals surface area contributed by atoms with Crippen LogP contribution < -0.4 is 11.1 Å². The molecule has 11 heavy (non-hydrogen) atoms. The highest BCUT2D eigenvalue weighted by Crippen LogP contribution is 2.30. The van der Waals surface area contributed by atoms with Crippen molar-refractivity contribution < 1.29 is 5.11 Å². The summed E-state index contributed by atoms with van der Waals surface area (Å²) < 4.78 is 0. The monoisotopic (exact) mass is 156 g/mol. The van der Waals surface area contributed by atoms with Gasteiger partial charge in [-0.05, 0) is 18.8 Å². The van der Waals surface area contributed by atoms with Gasteiger partial charge in [-0.2, -0.15) is 0 Å². The van der Waals surface area contributed by atoms with Gasteiger partial charge >= 0.3 is 0 Å². The summed E-state index contributed by atoms with van der Waals surface area (Å²) in [4.78, 5) is 0. The van der Waals surface area contributed by atoms with Crippen molar-refractivity contribution in [1.82, 2.24) is 5.32 Å². The fourth-order valence-corrected chi connectivity index (χ4v) is 2.32. The van der Waals surface area contributed by atoms with Crippen LogP contribution in [0.5, 0.6) is 0 Å². The van der Waals surface area contributed by atoms with Crippen molar-refractivity contribution in [2.24, 2.45) is 17.6 Å². The standard InChI is InChI=1S/C8H16N2O/c9-7-2-1-5-3-10-4-6(7)8(5)11/h5-8,10-11H,1-4,9H2. The molecule has 64 valence electrons. The lowest BCUT2D eigenvalue weighted by Gasteiger charge is -2.43. The summed E-state index contributed by atoms with van der Waals surface area (Å²) in [5.74, 6) is 0.774. The minimum Gasteiger partial charge on any atom is -0.392 e. The van der Waals surface area contributed by atoms with E-state index in [4.69, 9.17) is 5.73 Å². The summed E-state index contributed by atoms with van der Waals surface area (Å²) in [6.45, 7) is 1.88. The Hall–Kier alpha value is -0.120. The lowest BCUT2D eigenvalue weighted by molar-refractivity contribution is -0.0134. The highest BCUT2D eigenvalue weighted by atomic mass is 16.3. The van der Waals surface area contributed by atoms with Crippen LogP contribution in [0, 0.1) is 11.8 Å². The van der Waals surface area contributed by atoms with Crippen LogP contribution in [-0.4, -0.2) is 30.3 Å². The van der Waals surface area contributed by atoms with Crippen molar-refractivity contribution in [3.05, 3.63) is 0 Å². The maximum Gasteiger partial charge on any atom is 0.0635 e. The predicted molar refractivity (Wildman–Crippen MR) is 43.1 cm³/mol. The quantitative estimate of drug-likeness (QED) is 0.435. The van der Waals surface area contributed by atoms with Crippen molar-refractivity contribution >= 4 is 0 Å². The maximum absolute atomic E-state index is 9.74. The van der Waals surface area contributed by atoms with Crippen LogP contribution in [0.3, 0.4) is 0 Å². The van der Waals surface area contributed by atoms with Gasteiger partial charge in [0.05, 0.1) is 6.10 Å². The van der Waals surface area contributed by atoms with Gasteiger partial charge in [-0.25, -0.2) is 0 Å². The minimum atomic E-state index is -0.139. The van der Waals surface area contributed by atoms with E-state index in [1.807, 2.05) is 0 Å². The molecule has 2 aliphatic rings. The number of piperidine rings is 1. The van der Waals surface area contributed by atoms with Gasteiger partial charge in [-0.1, -0.05) is 0 Å². The van der Waals surface area contributed by atoms with Crippen molar-refractivity contribution in [2.75, 3.05) is 13.1 Å². The van der Waals surface area contributed by atoms with Crippen molar-refractivity contribution in [2.45, 2.75) is 25.0 Å². The minimum absolute atomic E-state index is 0.139. The van der Waals surface area contributed by atoms with Gasteiger partial charge in [0.1, 0.15) is 0 Å². The van der Waals surface area contributed by atoms with E-state index in [1.165, 1.54) is 0 Å². The van der Waals surface area contributed by atoms with Crippen LogP contribution >= 0.6 is 0 Å². The number of hydrogen-bond acceptors (Lipinski definition) is 3. The Bertz CT molecular complexity index is 151. The number of rotatable bonds is 0. The third-order valence-electron chi connectivity index (χ3n) is 3.13. The first-order valence-corrected chi connectivity index (χ1v) is 4.43. The molecule has 3 nitrogen and oxygen atoms in total. The molecule has 2 rings (SSSR count). The highest BCUT2D eigenvalue weighted by Gasteiger charge is 2.38. The highest BCUT2D eigenvalue weighted by molar-refractivity contribution is 4.94. The smallest absolute Gasteiger partial charge is 0.0635 e. The molecule has 1 aliphatic carbocycles. The first-order valence-electron chi connectivity index (χ1n) is 4.43. The number of fused-ring (bicyclic) bond motifs is 2. The Morgan fingerprint density at radius 3 is 2.82 bits per heavy atom. The Morgan fingerprint density at radius 1 is 1.27 bits per heavy atom. The zero-order chi connectivity index (χ0) is 7.84. The number of aliphatic hydroxyl groups excluding tert-OH is 1. The predicted octanol–water partition coefficient (Wildman–Crippen LogP) is -0.696. The molecular formula is C8H16N2O. The normalized spacial score (nSPS) is 50.7. The zero-order valence-corrected chi connectivity index (χ0v) is 6.66. The fraction of sp³-hybridized carbons (Fsp3) is 1.00. The largest absolute Gasteiger partial charge is 0.392 e. The van der Waals surface area contributed by atoms with Gasteiger partial charge in [-0.3, -0.25) is 0 Å². The molecule has 1 aliphatic heterocycles. The lowest BCUT2D eigenvalue weighted by Crippen LogP contribution is -2.57. The average Bonchev–Trinajstić information content (AvgIpc) is 1.98. The molecule has 4 N–H and O–H groups in total. The molecular weight excluding hydrogens is 140 g/mol. The van der Waals surface area contributed by atoms with Gasteiger partial charge in [0.15, 0.2) is 0 Å². The first kappa shape index (κ1) is 7.53. The summed E-state index contributed by atoms with van der Waals surface area (Å²) in [6.07, 6.45) is 2.04. The molecule has 0 aromatic rings. The van der Waals surface area contributed by atoms with Crippen LogP contribution in [0.1, 0.15) is 12.8 Å². The average molecular weight is 156 g/mol. The van der Waals surface area contributed by atoms with Gasteiger partial charge < -0.3 is 16.2 Å². The molecule has 0 radical (unpaired) electrons. The molecule has 0 aromatic carbocycles. The summed E-state index contributed by atoms with van der Waals surface area (Å²) in [5, 5.41) is 13.0. The topological polar surface area (TPSA) is 58.3 Å². The summed E-state index contributed by atoms with van der Waals surface area (Å²) in [5.41, 5.74) is 5.88. The summed E-state index contributed by atoms with van der Waals surface area (Å²) in [7, 11) is 0. The SMILES string of the molecule is NC1CCC2CNCC1C2O. The van der Waals surface area contributed by atoms with Crippen LogP contribution in [0.4, 0.5) is 0 Å². The molecule has 0 aromatic heterocycles. The van der Waals surface area contributed by atoms with E-state index in [0.717, 1.165) is 25.9 Å². The van der Waals surface area contributed by atoms with Crippen LogP contribution in [-0.2, 0) is 0 Å². The molecule has 2 bridgehead atoms. The molecule has 2 fully saturated rings. The van der Waals surface area contributed by atoms with E-state index in [9.17, 15) is 5.11 Å². The third kappa shape index (κ3) is 1.17. The van der Waals surface area contributed by atoms with Gasteiger partial charge in [-0.15, -0.1) is 0 Å². The summed E-state index contributed by atoms with van der Waals surface area (Å²) >= 11 is 0. The number of nitrogens with two attached hydrogens (primary N) is 1. The molecule has 4 atom stereocenters. The second-order valence-electron chi connectivity index (χ2n) is 3.81. The van der Waals surface area contributed by atoms with Crippen LogP contribution in [0.2, 0.25) is 0 Å². The molecule has 1 saturated carbocycles. The van der Waals surface area contributed by atoms with E-state index >= 15 is 0 Å². The molecule has 0 amide bonds. The Balaban J connectivity index is 2.09. The number of aliphatic hydroxyl groups is 1. The zero-order valence-electron chi connectivity index (χ0n) is 6.66. The Labute approximate surface area is 67.0 Å². The van der Waals surface area contributed by atoms with E-state index in [0.29, 0.717) is 11.8 Å². The van der Waals surface area contributed by atoms with E-state index in [2.05, 4.69) is 5.32 Å². The molecule has 0 spiro atoms. The fourth-order valence-electron chi connectivity index (χ4n) is 2.32. The van der Waals surface area contributed by atoms with Crippen molar-refractivity contribution in [3.8, 4) is 0 Å². The molecule has 4 unspecified atom stereocenters.